The fourth-order valence-corrected chi connectivity index (χ4v) is 4.52. The second-order valence-corrected chi connectivity index (χ2v) is 9.07. The maximum Gasteiger partial charge on any atom is 0.279 e. The van der Waals surface area contributed by atoms with Gasteiger partial charge in [-0.25, -0.2) is 13.4 Å². The average molecular weight is 416 g/mol. The second kappa shape index (κ2) is 8.26. The van der Waals surface area contributed by atoms with Crippen LogP contribution in [0.4, 0.5) is 5.82 Å². The molecule has 9 nitrogen and oxygen atoms in total. The number of aromatic nitrogens is 2. The standard InChI is InChI=1S/C19H20N4O5S/c24-19(22-17-11-20-8-9-21-17)18(23-28-14-7-10-27-12-14)13-1-3-15(4-2-13)29(25,26)16-5-6-16/h1-4,8-9,11,14,16H,5-7,10,12H2,(H,21,22,24)/t14-/m1/s1. The van der Waals surface area contributed by atoms with Crippen LogP contribution in [0.15, 0.2) is 52.9 Å². The molecular weight excluding hydrogens is 396 g/mol. The van der Waals surface area contributed by atoms with E-state index in [1.54, 1.807) is 12.1 Å². The lowest BCUT2D eigenvalue weighted by Crippen LogP contribution is -2.26. The predicted octanol–water partition coefficient (Wildman–Crippen LogP) is 1.56. The molecule has 1 N–H and O–H groups in total. The Labute approximate surface area is 168 Å². The number of carbonyl (C=O) groups is 1. The van der Waals surface area contributed by atoms with Crippen LogP contribution >= 0.6 is 0 Å². The van der Waals surface area contributed by atoms with E-state index in [1.807, 2.05) is 0 Å². The number of nitrogens with one attached hydrogen (secondary N) is 1. The molecule has 2 aliphatic rings. The lowest BCUT2D eigenvalue weighted by molar-refractivity contribution is -0.110. The number of anilines is 1. The van der Waals surface area contributed by atoms with Crippen molar-refractivity contribution in [3.8, 4) is 0 Å². The zero-order valence-corrected chi connectivity index (χ0v) is 16.3. The van der Waals surface area contributed by atoms with Crippen molar-refractivity contribution in [2.24, 2.45) is 5.16 Å². The second-order valence-electron chi connectivity index (χ2n) is 6.84. The first-order valence-corrected chi connectivity index (χ1v) is 10.8. The lowest BCUT2D eigenvalue weighted by Gasteiger charge is -2.11. The number of rotatable bonds is 7. The van der Waals surface area contributed by atoms with E-state index in [4.69, 9.17) is 9.57 Å². The van der Waals surface area contributed by atoms with Gasteiger partial charge in [-0.1, -0.05) is 17.3 Å². The van der Waals surface area contributed by atoms with E-state index in [2.05, 4.69) is 20.4 Å². The molecule has 2 fully saturated rings. The van der Waals surface area contributed by atoms with E-state index >= 15 is 0 Å². The van der Waals surface area contributed by atoms with Crippen LogP contribution in [0.1, 0.15) is 24.8 Å². The number of oxime groups is 1. The largest absolute Gasteiger partial charge is 0.389 e. The van der Waals surface area contributed by atoms with Crippen LogP contribution in [-0.2, 0) is 24.2 Å². The SMILES string of the molecule is O=C(Nc1cnccn1)C(=NO[C@@H]1CCOC1)c1ccc(S(=O)(=O)C2CC2)cc1. The molecule has 0 radical (unpaired) electrons. The summed E-state index contributed by atoms with van der Waals surface area (Å²) in [5, 5.41) is 6.36. The van der Waals surface area contributed by atoms with Gasteiger partial charge in [0.1, 0.15) is 0 Å². The van der Waals surface area contributed by atoms with Crippen molar-refractivity contribution < 1.29 is 22.8 Å². The Hall–Kier alpha value is -2.85. The fourth-order valence-electron chi connectivity index (χ4n) is 2.86. The van der Waals surface area contributed by atoms with Gasteiger partial charge in [-0.2, -0.15) is 0 Å². The molecule has 1 aliphatic heterocycles. The smallest absolute Gasteiger partial charge is 0.279 e. The van der Waals surface area contributed by atoms with Gasteiger partial charge in [-0.05, 0) is 25.0 Å². The number of benzene rings is 1. The summed E-state index contributed by atoms with van der Waals surface area (Å²) in [6.07, 6.45) is 6.18. The minimum atomic E-state index is -3.31. The van der Waals surface area contributed by atoms with E-state index in [-0.39, 0.29) is 27.8 Å². The van der Waals surface area contributed by atoms with Crippen LogP contribution in [-0.4, -0.2) is 54.6 Å². The van der Waals surface area contributed by atoms with Crippen molar-refractivity contribution in [3.63, 3.8) is 0 Å². The zero-order valence-electron chi connectivity index (χ0n) is 15.5. The van der Waals surface area contributed by atoms with Gasteiger partial charge in [-0.15, -0.1) is 0 Å². The molecule has 0 bridgehead atoms. The maximum absolute atomic E-state index is 12.8. The highest BCUT2D eigenvalue weighted by Gasteiger charge is 2.36. The van der Waals surface area contributed by atoms with E-state index < -0.39 is 15.7 Å². The average Bonchev–Trinajstić information content (AvgIpc) is 3.47. The Morgan fingerprint density at radius 1 is 1.17 bits per heavy atom. The van der Waals surface area contributed by atoms with Gasteiger partial charge in [0.25, 0.3) is 5.91 Å². The van der Waals surface area contributed by atoms with Crippen molar-refractivity contribution >= 4 is 27.3 Å². The summed E-state index contributed by atoms with van der Waals surface area (Å²) in [6.45, 7) is 0.982. The molecule has 1 aliphatic carbocycles. The van der Waals surface area contributed by atoms with Crippen LogP contribution < -0.4 is 5.32 Å². The molecule has 2 heterocycles. The number of sulfone groups is 1. The minimum Gasteiger partial charge on any atom is -0.389 e. The van der Waals surface area contributed by atoms with Crippen LogP contribution in [0, 0.1) is 0 Å². The molecule has 2 aromatic rings. The van der Waals surface area contributed by atoms with Gasteiger partial charge < -0.3 is 14.9 Å². The zero-order chi connectivity index (χ0) is 20.3. The van der Waals surface area contributed by atoms with E-state index in [9.17, 15) is 13.2 Å². The highest BCUT2D eigenvalue weighted by molar-refractivity contribution is 7.92. The Kier molecular flexibility index (Phi) is 5.54. The van der Waals surface area contributed by atoms with Gasteiger partial charge in [0, 0.05) is 24.4 Å². The summed E-state index contributed by atoms with van der Waals surface area (Å²) >= 11 is 0. The number of amides is 1. The minimum absolute atomic E-state index is 0.0120. The number of hydrogen-bond donors (Lipinski definition) is 1. The summed E-state index contributed by atoms with van der Waals surface area (Å²) < 4.78 is 30.0. The number of hydrogen-bond acceptors (Lipinski definition) is 8. The molecule has 1 aromatic heterocycles. The third-order valence-electron chi connectivity index (χ3n) is 4.62. The number of carbonyl (C=O) groups excluding carboxylic acids is 1. The highest BCUT2D eigenvalue weighted by atomic mass is 32.2. The molecule has 152 valence electrons. The molecule has 1 aromatic carbocycles. The lowest BCUT2D eigenvalue weighted by atomic mass is 10.1. The van der Waals surface area contributed by atoms with Crippen LogP contribution in [0.2, 0.25) is 0 Å². The monoisotopic (exact) mass is 416 g/mol. The molecular formula is C19H20N4O5S. The molecule has 0 unspecified atom stereocenters. The Morgan fingerprint density at radius 2 is 1.97 bits per heavy atom. The molecule has 29 heavy (non-hydrogen) atoms. The summed E-state index contributed by atoms with van der Waals surface area (Å²) in [7, 11) is -3.31. The molecule has 1 atom stereocenters. The third-order valence-corrected chi connectivity index (χ3v) is 6.90. The topological polar surface area (TPSA) is 120 Å². The van der Waals surface area contributed by atoms with E-state index in [0.717, 1.165) is 0 Å². The van der Waals surface area contributed by atoms with Crippen molar-refractivity contribution in [1.29, 1.82) is 0 Å². The Morgan fingerprint density at radius 3 is 2.59 bits per heavy atom. The molecule has 4 rings (SSSR count). The van der Waals surface area contributed by atoms with Crippen molar-refractivity contribution in [1.82, 2.24) is 9.97 Å². The molecule has 1 saturated carbocycles. The maximum atomic E-state index is 12.8. The Bertz CT molecular complexity index is 999. The molecule has 10 heteroatoms. The fraction of sp³-hybridized carbons (Fsp3) is 0.368. The van der Waals surface area contributed by atoms with Crippen LogP contribution in [0.25, 0.3) is 0 Å². The van der Waals surface area contributed by atoms with E-state index in [0.29, 0.717) is 38.0 Å². The summed E-state index contributed by atoms with van der Waals surface area (Å²) in [4.78, 5) is 26.4. The molecule has 0 spiro atoms. The van der Waals surface area contributed by atoms with Crippen LogP contribution in [0.5, 0.6) is 0 Å². The van der Waals surface area contributed by atoms with Gasteiger partial charge in [0.2, 0.25) is 0 Å². The third kappa shape index (κ3) is 4.60. The predicted molar refractivity (Wildman–Crippen MR) is 104 cm³/mol. The van der Waals surface area contributed by atoms with Gasteiger partial charge >= 0.3 is 0 Å². The molecule has 1 amide bonds. The number of nitrogens with zero attached hydrogens (tertiary/aromatic N) is 3. The quantitative estimate of drug-likeness (QED) is 0.537. The van der Waals surface area contributed by atoms with E-state index in [1.165, 1.54) is 30.7 Å². The van der Waals surface area contributed by atoms with Crippen molar-refractivity contribution in [2.75, 3.05) is 18.5 Å². The highest BCUT2D eigenvalue weighted by Crippen LogP contribution is 2.33. The first-order chi connectivity index (χ1) is 14.0. The Balaban J connectivity index is 1.58. The first-order valence-electron chi connectivity index (χ1n) is 9.27. The normalized spacial score (nSPS) is 19.7. The van der Waals surface area contributed by atoms with Crippen molar-refractivity contribution in [3.05, 3.63) is 48.4 Å². The number of ether oxygens (including phenoxy) is 1. The van der Waals surface area contributed by atoms with Gasteiger partial charge in [0.15, 0.2) is 27.5 Å². The molecule has 1 saturated heterocycles. The summed E-state index contributed by atoms with van der Waals surface area (Å²) in [6, 6.07) is 6.09. The first kappa shape index (κ1) is 19.5. The van der Waals surface area contributed by atoms with Crippen molar-refractivity contribution in [2.45, 2.75) is 35.5 Å². The summed E-state index contributed by atoms with van der Waals surface area (Å²) in [5.41, 5.74) is 0.443. The van der Waals surface area contributed by atoms with Gasteiger partial charge in [0.05, 0.1) is 29.6 Å². The van der Waals surface area contributed by atoms with Gasteiger partial charge in [-0.3, -0.25) is 9.78 Å². The summed E-state index contributed by atoms with van der Waals surface area (Å²) in [5.74, 6) is -0.274. The van der Waals surface area contributed by atoms with Crippen LogP contribution in [0.3, 0.4) is 0 Å².